The number of hydrogen-bond acceptors (Lipinski definition) is 4. The second-order valence-electron chi connectivity index (χ2n) is 4.48. The van der Waals surface area contributed by atoms with E-state index in [2.05, 4.69) is 5.32 Å². The van der Waals surface area contributed by atoms with Crippen LogP contribution in [0.2, 0.25) is 0 Å². The molecule has 0 aromatic heterocycles. The molecule has 1 atom stereocenters. The van der Waals surface area contributed by atoms with Crippen molar-refractivity contribution in [2.24, 2.45) is 0 Å². The van der Waals surface area contributed by atoms with Crippen LogP contribution in [0, 0.1) is 0 Å². The van der Waals surface area contributed by atoms with Crippen LogP contribution in [0.25, 0.3) is 0 Å². The number of carbonyl (C=O) groups is 1. The molecule has 0 spiro atoms. The van der Waals surface area contributed by atoms with Crippen molar-refractivity contribution in [1.82, 2.24) is 5.32 Å². The summed E-state index contributed by atoms with van der Waals surface area (Å²) in [6.45, 7) is 2.10. The Morgan fingerprint density at radius 1 is 1.35 bits per heavy atom. The zero-order chi connectivity index (χ0) is 12.4. The third-order valence-electron chi connectivity index (χ3n) is 2.63. The Hall–Kier alpha value is -1.42. The zero-order valence-corrected chi connectivity index (χ0v) is 10.3. The van der Waals surface area contributed by atoms with Crippen molar-refractivity contribution in [2.45, 2.75) is 18.8 Å². The highest BCUT2D eigenvalue weighted by molar-refractivity contribution is 6.35. The van der Waals surface area contributed by atoms with Gasteiger partial charge in [-0.25, -0.2) is 0 Å². The van der Waals surface area contributed by atoms with Crippen LogP contribution in [0.5, 0.6) is 11.5 Å². The van der Waals surface area contributed by atoms with Crippen LogP contribution < -0.4 is 14.8 Å². The largest absolute Gasteiger partial charge is 0.454 e. The van der Waals surface area contributed by atoms with E-state index in [1.807, 2.05) is 22.6 Å². The molecule has 2 rings (SSSR count). The summed E-state index contributed by atoms with van der Waals surface area (Å²) in [4.78, 5) is 12.1. The van der Waals surface area contributed by atoms with Gasteiger partial charge in [-0.05, 0) is 25.1 Å². The number of benzene rings is 1. The van der Waals surface area contributed by atoms with Crippen LogP contribution in [0.15, 0.2) is 18.2 Å². The molecule has 1 aromatic rings. The Bertz CT molecular complexity index is 437. The van der Waals surface area contributed by atoms with Gasteiger partial charge in [0.15, 0.2) is 17.3 Å². The van der Waals surface area contributed by atoms with E-state index in [9.17, 15) is 4.79 Å². The lowest BCUT2D eigenvalue weighted by Gasteiger charge is -2.15. The second-order valence-corrected chi connectivity index (χ2v) is 4.48. The van der Waals surface area contributed by atoms with Crippen LogP contribution in [0.4, 0.5) is 0 Å². The van der Waals surface area contributed by atoms with Gasteiger partial charge in [-0.2, -0.15) is 0 Å². The topological polar surface area (TPSA) is 47.6 Å². The Balaban J connectivity index is 2.14. The summed E-state index contributed by atoms with van der Waals surface area (Å²) in [5, 5.41) is 3.19. The van der Waals surface area contributed by atoms with Crippen molar-refractivity contribution in [3.05, 3.63) is 23.8 Å². The Morgan fingerprint density at radius 2 is 2.06 bits per heavy atom. The first-order valence-corrected chi connectivity index (χ1v) is 5.78. The normalized spacial score (nSPS) is 14.9. The first kappa shape index (κ1) is 12.0. The number of Topliss-reactive ketones (excluding diaryl/α,β-unsaturated/α-hetero) is 1. The maximum Gasteiger partial charge on any atom is 0.231 e. The van der Waals surface area contributed by atoms with Gasteiger partial charge in [-0.3, -0.25) is 4.79 Å². The predicted octanol–water partition coefficient (Wildman–Crippen LogP) is -0.874. The molecule has 4 nitrogen and oxygen atoms in total. The molecule has 1 aliphatic rings. The highest BCUT2D eigenvalue weighted by Gasteiger charge is 2.19. The predicted molar refractivity (Wildman–Crippen MR) is 70.4 cm³/mol. The Labute approximate surface area is 102 Å². The minimum atomic E-state index is -0.199. The molecular formula is C11H15B2NO3. The SMILES string of the molecule is BC(B)NC(C)C(=O)c1ccc2c(c1)OCO2. The van der Waals surface area contributed by atoms with Gasteiger partial charge in [0.05, 0.1) is 6.04 Å². The molecule has 1 heterocycles. The lowest BCUT2D eigenvalue weighted by atomic mass is 9.78. The highest BCUT2D eigenvalue weighted by atomic mass is 16.7. The minimum Gasteiger partial charge on any atom is -0.454 e. The van der Waals surface area contributed by atoms with E-state index >= 15 is 0 Å². The number of hydrogen-bond donors (Lipinski definition) is 1. The number of ether oxygens (including phenoxy) is 2. The molecule has 0 saturated carbocycles. The van der Waals surface area contributed by atoms with Crippen LogP contribution >= 0.6 is 0 Å². The van der Waals surface area contributed by atoms with Gasteiger partial charge in [0, 0.05) is 5.56 Å². The quantitative estimate of drug-likeness (QED) is 0.540. The molecule has 17 heavy (non-hydrogen) atoms. The highest BCUT2D eigenvalue weighted by Crippen LogP contribution is 2.32. The van der Waals surface area contributed by atoms with Gasteiger partial charge in [0.2, 0.25) is 6.79 Å². The van der Waals surface area contributed by atoms with Gasteiger partial charge in [-0.1, -0.05) is 5.84 Å². The molecule has 1 aromatic carbocycles. The van der Waals surface area contributed by atoms with Crippen LogP contribution in [-0.4, -0.2) is 40.2 Å². The van der Waals surface area contributed by atoms with E-state index in [-0.39, 0.29) is 24.5 Å². The first-order valence-electron chi connectivity index (χ1n) is 5.78. The van der Waals surface area contributed by atoms with Gasteiger partial charge < -0.3 is 14.8 Å². The van der Waals surface area contributed by atoms with Crippen molar-refractivity contribution in [1.29, 1.82) is 0 Å². The molecule has 0 aliphatic carbocycles. The van der Waals surface area contributed by atoms with Crippen molar-refractivity contribution in [3.8, 4) is 11.5 Å². The summed E-state index contributed by atoms with van der Waals surface area (Å²) in [6, 6.07) is 5.09. The first-order chi connectivity index (χ1) is 8.08. The third kappa shape index (κ3) is 2.64. The zero-order valence-electron chi connectivity index (χ0n) is 10.3. The standard InChI is InChI=1S/C11H15B2NO3/c1-6(14-11(12)13)10(15)7-2-3-8-9(4-7)17-5-16-8/h2-4,6,11,14H,5,12-13H2,1H3. The summed E-state index contributed by atoms with van der Waals surface area (Å²) in [5.41, 5.74) is 0.648. The molecule has 0 saturated heterocycles. The van der Waals surface area contributed by atoms with Gasteiger partial charge in [0.25, 0.3) is 0 Å². The summed E-state index contributed by atoms with van der Waals surface area (Å²) < 4.78 is 10.5. The fourth-order valence-corrected chi connectivity index (χ4v) is 1.88. The molecule has 1 unspecified atom stereocenters. The van der Waals surface area contributed by atoms with E-state index < -0.39 is 0 Å². The third-order valence-corrected chi connectivity index (χ3v) is 2.63. The fraction of sp³-hybridized carbons (Fsp3) is 0.364. The summed E-state index contributed by atoms with van der Waals surface area (Å²) in [6.07, 6.45) is 0. The number of rotatable bonds is 4. The van der Waals surface area contributed by atoms with Crippen molar-refractivity contribution >= 4 is 21.5 Å². The number of ketones is 1. The molecule has 0 bridgehead atoms. The molecule has 88 valence electrons. The van der Waals surface area contributed by atoms with Gasteiger partial charge >= 0.3 is 0 Å². The molecular weight excluding hydrogens is 216 g/mol. The van der Waals surface area contributed by atoms with Gasteiger partial charge in [-0.15, -0.1) is 0 Å². The smallest absolute Gasteiger partial charge is 0.231 e. The Kier molecular flexibility index (Phi) is 3.43. The van der Waals surface area contributed by atoms with E-state index in [4.69, 9.17) is 9.47 Å². The van der Waals surface area contributed by atoms with E-state index in [1.165, 1.54) is 0 Å². The number of fused-ring (bicyclic) bond motifs is 1. The lowest BCUT2D eigenvalue weighted by molar-refractivity contribution is 0.0952. The average molecular weight is 231 g/mol. The second kappa shape index (κ2) is 4.84. The molecule has 0 fully saturated rings. The molecule has 1 aliphatic heterocycles. The van der Waals surface area contributed by atoms with Crippen molar-refractivity contribution < 1.29 is 14.3 Å². The van der Waals surface area contributed by atoms with Gasteiger partial charge in [0.1, 0.15) is 15.7 Å². The molecule has 0 amide bonds. The number of nitrogens with one attached hydrogen (secondary N) is 1. The van der Waals surface area contributed by atoms with Crippen LogP contribution in [0.1, 0.15) is 17.3 Å². The maximum atomic E-state index is 12.1. The molecule has 1 N–H and O–H groups in total. The average Bonchev–Trinajstić information content (AvgIpc) is 2.73. The van der Waals surface area contributed by atoms with Crippen molar-refractivity contribution in [3.63, 3.8) is 0 Å². The fourth-order valence-electron chi connectivity index (χ4n) is 1.88. The number of carbonyl (C=O) groups excluding carboxylic acids is 1. The van der Waals surface area contributed by atoms with Crippen LogP contribution in [0.3, 0.4) is 0 Å². The van der Waals surface area contributed by atoms with E-state index in [0.29, 0.717) is 17.1 Å². The minimum absolute atomic E-state index is 0.0667. The van der Waals surface area contributed by atoms with Crippen LogP contribution in [-0.2, 0) is 0 Å². The summed E-state index contributed by atoms with van der Waals surface area (Å²) >= 11 is 0. The summed E-state index contributed by atoms with van der Waals surface area (Å²) in [7, 11) is 4.03. The maximum absolute atomic E-state index is 12.1. The summed E-state index contributed by atoms with van der Waals surface area (Å²) in [5.74, 6) is 1.69. The molecule has 0 radical (unpaired) electrons. The van der Waals surface area contributed by atoms with E-state index in [1.54, 1.807) is 18.2 Å². The monoisotopic (exact) mass is 231 g/mol. The lowest BCUT2D eigenvalue weighted by Crippen LogP contribution is -2.41. The Morgan fingerprint density at radius 3 is 2.76 bits per heavy atom. The van der Waals surface area contributed by atoms with Crippen molar-refractivity contribution in [2.75, 3.05) is 6.79 Å². The van der Waals surface area contributed by atoms with E-state index in [0.717, 1.165) is 0 Å². The molecule has 6 heteroatoms.